The fourth-order valence-corrected chi connectivity index (χ4v) is 1.25. The Morgan fingerprint density at radius 2 is 2.21 bits per heavy atom. The molecule has 0 fully saturated rings. The van der Waals surface area contributed by atoms with Crippen molar-refractivity contribution < 1.29 is 9.90 Å². The first-order valence-corrected chi connectivity index (χ1v) is 4.60. The highest BCUT2D eigenvalue weighted by Crippen LogP contribution is 1.99. The molecule has 0 unspecified atom stereocenters. The number of hydrogen-bond acceptors (Lipinski definition) is 2. The van der Waals surface area contributed by atoms with Gasteiger partial charge in [-0.05, 0) is 12.5 Å². The fraction of sp³-hybridized carbons (Fsp3) is 0.400. The molecule has 0 aliphatic rings. The van der Waals surface area contributed by atoms with Crippen LogP contribution in [0.4, 0.5) is 0 Å². The SMILES string of the molecule is CCCCn1c(C(=O)O)cccc1=O. The molecular weight excluding hydrogens is 182 g/mol. The Morgan fingerprint density at radius 1 is 1.50 bits per heavy atom. The second-order valence-corrected chi connectivity index (χ2v) is 3.06. The zero-order valence-corrected chi connectivity index (χ0v) is 8.06. The first kappa shape index (κ1) is 10.5. The lowest BCUT2D eigenvalue weighted by atomic mass is 10.3. The van der Waals surface area contributed by atoms with Gasteiger partial charge in [-0.1, -0.05) is 19.4 Å². The van der Waals surface area contributed by atoms with E-state index in [1.54, 1.807) is 0 Å². The summed E-state index contributed by atoms with van der Waals surface area (Å²) in [4.78, 5) is 22.1. The third kappa shape index (κ3) is 2.22. The van der Waals surface area contributed by atoms with E-state index < -0.39 is 5.97 Å². The zero-order valence-electron chi connectivity index (χ0n) is 8.06. The van der Waals surface area contributed by atoms with Crippen molar-refractivity contribution in [2.75, 3.05) is 0 Å². The maximum absolute atomic E-state index is 11.3. The lowest BCUT2D eigenvalue weighted by Crippen LogP contribution is -2.24. The van der Waals surface area contributed by atoms with Crippen LogP contribution >= 0.6 is 0 Å². The number of carboxylic acids is 1. The maximum atomic E-state index is 11.3. The summed E-state index contributed by atoms with van der Waals surface area (Å²) in [6.07, 6.45) is 1.74. The van der Waals surface area contributed by atoms with Gasteiger partial charge in [-0.15, -0.1) is 0 Å². The Morgan fingerprint density at radius 3 is 2.79 bits per heavy atom. The number of hydrogen-bond donors (Lipinski definition) is 1. The monoisotopic (exact) mass is 195 g/mol. The van der Waals surface area contributed by atoms with E-state index in [-0.39, 0.29) is 11.3 Å². The molecule has 0 aliphatic carbocycles. The van der Waals surface area contributed by atoms with Crippen LogP contribution in [-0.4, -0.2) is 15.6 Å². The average molecular weight is 195 g/mol. The topological polar surface area (TPSA) is 59.3 Å². The van der Waals surface area contributed by atoms with Crippen molar-refractivity contribution in [2.24, 2.45) is 0 Å². The Kier molecular flexibility index (Phi) is 3.45. The van der Waals surface area contributed by atoms with Crippen LogP contribution in [0.25, 0.3) is 0 Å². The van der Waals surface area contributed by atoms with Gasteiger partial charge in [-0.2, -0.15) is 0 Å². The highest BCUT2D eigenvalue weighted by atomic mass is 16.4. The lowest BCUT2D eigenvalue weighted by molar-refractivity contribution is 0.0683. The smallest absolute Gasteiger partial charge is 0.352 e. The van der Waals surface area contributed by atoms with E-state index in [1.165, 1.54) is 22.8 Å². The molecule has 1 N–H and O–H groups in total. The van der Waals surface area contributed by atoms with Crippen LogP contribution in [0.15, 0.2) is 23.0 Å². The molecule has 76 valence electrons. The lowest BCUT2D eigenvalue weighted by Gasteiger charge is -2.07. The summed E-state index contributed by atoms with van der Waals surface area (Å²) in [6, 6.07) is 4.29. The molecule has 1 rings (SSSR count). The summed E-state index contributed by atoms with van der Waals surface area (Å²) >= 11 is 0. The molecule has 14 heavy (non-hydrogen) atoms. The first-order chi connectivity index (χ1) is 6.66. The molecular formula is C10H13NO3. The van der Waals surface area contributed by atoms with Gasteiger partial charge in [-0.25, -0.2) is 4.79 Å². The van der Waals surface area contributed by atoms with E-state index in [1.807, 2.05) is 6.92 Å². The second kappa shape index (κ2) is 4.60. The highest BCUT2D eigenvalue weighted by Gasteiger charge is 2.08. The molecule has 1 heterocycles. The van der Waals surface area contributed by atoms with Crippen molar-refractivity contribution in [3.63, 3.8) is 0 Å². The quantitative estimate of drug-likeness (QED) is 0.788. The summed E-state index contributed by atoms with van der Waals surface area (Å²) in [5.41, 5.74) is -0.190. The van der Waals surface area contributed by atoms with E-state index >= 15 is 0 Å². The average Bonchev–Trinajstić information content (AvgIpc) is 2.15. The maximum Gasteiger partial charge on any atom is 0.352 e. The molecule has 0 saturated carbocycles. The van der Waals surface area contributed by atoms with Gasteiger partial charge < -0.3 is 9.67 Å². The molecule has 4 nitrogen and oxygen atoms in total. The minimum atomic E-state index is -1.06. The molecule has 0 radical (unpaired) electrons. The van der Waals surface area contributed by atoms with Crippen LogP contribution < -0.4 is 5.56 Å². The zero-order chi connectivity index (χ0) is 10.6. The largest absolute Gasteiger partial charge is 0.477 e. The number of carboxylic acid groups (broad SMARTS) is 1. The number of aromatic carboxylic acids is 1. The van der Waals surface area contributed by atoms with E-state index in [0.29, 0.717) is 6.54 Å². The van der Waals surface area contributed by atoms with Gasteiger partial charge in [0.25, 0.3) is 5.56 Å². The van der Waals surface area contributed by atoms with Gasteiger partial charge in [0.05, 0.1) is 0 Å². The van der Waals surface area contributed by atoms with Crippen LogP contribution in [-0.2, 0) is 6.54 Å². The molecule has 1 aromatic rings. The van der Waals surface area contributed by atoms with Crippen molar-refractivity contribution in [3.8, 4) is 0 Å². The van der Waals surface area contributed by atoms with Crippen LogP contribution in [0.3, 0.4) is 0 Å². The fourth-order valence-electron chi connectivity index (χ4n) is 1.25. The highest BCUT2D eigenvalue weighted by molar-refractivity contribution is 5.85. The van der Waals surface area contributed by atoms with E-state index in [9.17, 15) is 9.59 Å². The molecule has 0 amide bonds. The van der Waals surface area contributed by atoms with E-state index in [4.69, 9.17) is 5.11 Å². The van der Waals surface area contributed by atoms with Gasteiger partial charge in [-0.3, -0.25) is 4.79 Å². The van der Waals surface area contributed by atoms with Crippen molar-refractivity contribution in [1.82, 2.24) is 4.57 Å². The number of aromatic nitrogens is 1. The van der Waals surface area contributed by atoms with Crippen molar-refractivity contribution in [1.29, 1.82) is 0 Å². The number of carbonyl (C=O) groups is 1. The molecule has 0 aromatic carbocycles. The molecule has 0 saturated heterocycles. The van der Waals surface area contributed by atoms with Crippen LogP contribution in [0.5, 0.6) is 0 Å². The molecule has 4 heteroatoms. The van der Waals surface area contributed by atoms with Crippen molar-refractivity contribution in [3.05, 3.63) is 34.2 Å². The summed E-state index contributed by atoms with van der Waals surface area (Å²) in [5.74, 6) is -1.06. The van der Waals surface area contributed by atoms with Crippen LogP contribution in [0.2, 0.25) is 0 Å². The molecule has 0 spiro atoms. The molecule has 0 atom stereocenters. The number of rotatable bonds is 4. The van der Waals surface area contributed by atoms with Gasteiger partial charge in [0.2, 0.25) is 0 Å². The Bertz CT molecular complexity index is 381. The van der Waals surface area contributed by atoms with Crippen LogP contribution in [0.1, 0.15) is 30.3 Å². The van der Waals surface area contributed by atoms with Crippen molar-refractivity contribution >= 4 is 5.97 Å². The standard InChI is InChI=1S/C10H13NO3/c1-2-3-7-11-8(10(13)14)5-4-6-9(11)12/h4-6H,2-3,7H2,1H3,(H,13,14). The number of unbranched alkanes of at least 4 members (excludes halogenated alkanes) is 1. The van der Waals surface area contributed by atoms with Gasteiger partial charge in [0, 0.05) is 12.6 Å². The predicted octanol–water partition coefficient (Wildman–Crippen LogP) is 1.35. The van der Waals surface area contributed by atoms with Crippen molar-refractivity contribution in [2.45, 2.75) is 26.3 Å². The summed E-state index contributed by atoms with van der Waals surface area (Å²) in [5, 5.41) is 8.83. The molecule has 1 aromatic heterocycles. The Hall–Kier alpha value is -1.58. The van der Waals surface area contributed by atoms with Gasteiger partial charge in [0.15, 0.2) is 0 Å². The number of pyridine rings is 1. The van der Waals surface area contributed by atoms with Gasteiger partial charge in [0.1, 0.15) is 5.69 Å². The van der Waals surface area contributed by atoms with E-state index in [2.05, 4.69) is 0 Å². The Balaban J connectivity index is 3.09. The summed E-state index contributed by atoms with van der Waals surface area (Å²) in [7, 11) is 0. The first-order valence-electron chi connectivity index (χ1n) is 4.60. The summed E-state index contributed by atoms with van der Waals surface area (Å²) < 4.78 is 1.30. The van der Waals surface area contributed by atoms with Crippen LogP contribution in [0, 0.1) is 0 Å². The summed E-state index contributed by atoms with van der Waals surface area (Å²) in [6.45, 7) is 2.46. The third-order valence-corrected chi connectivity index (χ3v) is 2.00. The van der Waals surface area contributed by atoms with Gasteiger partial charge >= 0.3 is 5.97 Å². The molecule has 0 bridgehead atoms. The third-order valence-electron chi connectivity index (χ3n) is 2.00. The minimum Gasteiger partial charge on any atom is -0.477 e. The predicted molar refractivity (Wildman–Crippen MR) is 52.6 cm³/mol. The normalized spacial score (nSPS) is 10.1. The number of nitrogens with zero attached hydrogens (tertiary/aromatic N) is 1. The Labute approximate surface area is 81.8 Å². The second-order valence-electron chi connectivity index (χ2n) is 3.06. The molecule has 0 aliphatic heterocycles. The minimum absolute atomic E-state index is 0.0611. The van der Waals surface area contributed by atoms with E-state index in [0.717, 1.165) is 12.8 Å².